The minimum absolute atomic E-state index is 1.14. The molecule has 56 heavy (non-hydrogen) atoms. The van der Waals surface area contributed by atoms with Crippen LogP contribution in [0.3, 0.4) is 0 Å². The summed E-state index contributed by atoms with van der Waals surface area (Å²) in [6, 6.07) is 77.2. The van der Waals surface area contributed by atoms with Crippen LogP contribution in [0.2, 0.25) is 0 Å². The van der Waals surface area contributed by atoms with Gasteiger partial charge in [-0.25, -0.2) is 0 Å². The van der Waals surface area contributed by atoms with E-state index in [9.17, 15) is 0 Å². The summed E-state index contributed by atoms with van der Waals surface area (Å²) in [5.41, 5.74) is 18.0. The summed E-state index contributed by atoms with van der Waals surface area (Å²) in [4.78, 5) is 3.57. The molecule has 2 aromatic heterocycles. The van der Waals surface area contributed by atoms with Gasteiger partial charge < -0.3 is 9.55 Å². The van der Waals surface area contributed by atoms with Crippen molar-refractivity contribution in [2.24, 2.45) is 0 Å². The highest BCUT2D eigenvalue weighted by atomic mass is 15.0. The molecule has 0 atom stereocenters. The Kier molecular flexibility index (Phi) is 7.53. The number of benzene rings is 9. The van der Waals surface area contributed by atoms with Gasteiger partial charge in [-0.1, -0.05) is 158 Å². The minimum atomic E-state index is 1.14. The van der Waals surface area contributed by atoms with Crippen molar-refractivity contribution in [2.75, 3.05) is 0 Å². The number of hydrogen-bond acceptors (Lipinski definition) is 0. The third-order valence-electron chi connectivity index (χ3n) is 11.4. The van der Waals surface area contributed by atoms with Crippen LogP contribution < -0.4 is 0 Å². The lowest BCUT2D eigenvalue weighted by molar-refractivity contribution is 1.18. The molecule has 0 aliphatic heterocycles. The Hall–Kier alpha value is -7.42. The Morgan fingerprint density at radius 3 is 1.27 bits per heavy atom. The second kappa shape index (κ2) is 13.2. The quantitative estimate of drug-likeness (QED) is 0.177. The van der Waals surface area contributed by atoms with Crippen LogP contribution in [0, 0.1) is 0 Å². The lowest BCUT2D eigenvalue weighted by atomic mass is 9.92. The Morgan fingerprint density at radius 1 is 0.268 bits per heavy atom. The maximum absolute atomic E-state index is 3.57. The zero-order valence-corrected chi connectivity index (χ0v) is 30.7. The molecule has 0 fully saturated rings. The number of nitrogens with zero attached hydrogens (tertiary/aromatic N) is 1. The second-order valence-electron chi connectivity index (χ2n) is 14.6. The number of rotatable bonds is 6. The smallest absolute Gasteiger partial charge is 0.0541 e. The summed E-state index contributed by atoms with van der Waals surface area (Å²) in [6.45, 7) is 0. The zero-order valence-electron chi connectivity index (χ0n) is 30.7. The fourth-order valence-corrected chi connectivity index (χ4v) is 8.68. The highest BCUT2D eigenvalue weighted by Gasteiger charge is 2.17. The Morgan fingerprint density at radius 2 is 0.696 bits per heavy atom. The minimum Gasteiger partial charge on any atom is -0.355 e. The standard InChI is InChI=1S/C54H36N2/c1-3-13-37(14-4-1)43-17-7-9-19-45(43)40-26-31-53-49(34-40)50-35-41(46-20-10-8-18-44(46)38-15-5-2-6-16-38)27-32-54(50)56(53)42-28-23-36(24-29-42)39-25-30-52-48(33-39)47-21-11-12-22-51(47)55-52/h1-35,55H. The molecule has 0 aliphatic rings. The van der Waals surface area contributed by atoms with Crippen molar-refractivity contribution in [1.29, 1.82) is 0 Å². The molecule has 11 aromatic rings. The average molecular weight is 713 g/mol. The summed E-state index contributed by atoms with van der Waals surface area (Å²) in [6.07, 6.45) is 0. The maximum Gasteiger partial charge on any atom is 0.0541 e. The van der Waals surface area contributed by atoms with Crippen molar-refractivity contribution in [1.82, 2.24) is 9.55 Å². The van der Waals surface area contributed by atoms with Gasteiger partial charge in [0.25, 0.3) is 0 Å². The van der Waals surface area contributed by atoms with Crippen molar-refractivity contribution in [3.05, 3.63) is 212 Å². The normalized spacial score (nSPS) is 11.6. The first-order chi connectivity index (χ1) is 27.8. The Balaban J connectivity index is 1.09. The first kappa shape index (κ1) is 32.0. The molecule has 0 bridgehead atoms. The fourth-order valence-electron chi connectivity index (χ4n) is 8.68. The molecular formula is C54H36N2. The third kappa shape index (κ3) is 5.34. The van der Waals surface area contributed by atoms with Crippen LogP contribution in [0.15, 0.2) is 212 Å². The molecule has 0 aliphatic carbocycles. The largest absolute Gasteiger partial charge is 0.355 e. The van der Waals surface area contributed by atoms with Gasteiger partial charge in [-0.05, 0) is 110 Å². The summed E-state index contributed by atoms with van der Waals surface area (Å²) >= 11 is 0. The number of para-hydroxylation sites is 1. The van der Waals surface area contributed by atoms with Gasteiger partial charge >= 0.3 is 0 Å². The molecule has 1 N–H and O–H groups in total. The molecule has 2 heteroatoms. The first-order valence-electron chi connectivity index (χ1n) is 19.3. The number of aromatic amines is 1. The van der Waals surface area contributed by atoms with Gasteiger partial charge in [0.05, 0.1) is 11.0 Å². The SMILES string of the molecule is c1ccc(-c2ccccc2-c2ccc3c(c2)c2cc(-c4ccccc4-c4ccccc4)ccc2n3-c2ccc(-c3ccc4[nH]c5ccccc5c4c3)cc2)cc1. The van der Waals surface area contributed by atoms with E-state index >= 15 is 0 Å². The van der Waals surface area contributed by atoms with Gasteiger partial charge in [0.1, 0.15) is 0 Å². The molecule has 0 saturated heterocycles. The number of aromatic nitrogens is 2. The zero-order chi connectivity index (χ0) is 37.0. The van der Waals surface area contributed by atoms with Gasteiger partial charge in [0.15, 0.2) is 0 Å². The molecule has 0 amide bonds. The Bertz CT molecular complexity index is 3080. The third-order valence-corrected chi connectivity index (χ3v) is 11.4. The van der Waals surface area contributed by atoms with Crippen molar-refractivity contribution in [2.45, 2.75) is 0 Å². The maximum atomic E-state index is 3.57. The number of fused-ring (bicyclic) bond motifs is 6. The molecule has 0 radical (unpaired) electrons. The summed E-state index contributed by atoms with van der Waals surface area (Å²) in [5, 5.41) is 4.96. The molecule has 0 saturated carbocycles. The predicted molar refractivity (Wildman–Crippen MR) is 237 cm³/mol. The lowest BCUT2D eigenvalue weighted by Crippen LogP contribution is -1.94. The molecule has 0 unspecified atom stereocenters. The second-order valence-corrected chi connectivity index (χ2v) is 14.6. The molecular weight excluding hydrogens is 677 g/mol. The van der Waals surface area contributed by atoms with Crippen LogP contribution in [0.25, 0.3) is 105 Å². The van der Waals surface area contributed by atoms with E-state index in [2.05, 4.69) is 222 Å². The van der Waals surface area contributed by atoms with Gasteiger partial charge in [0.2, 0.25) is 0 Å². The number of hydrogen-bond donors (Lipinski definition) is 1. The van der Waals surface area contributed by atoms with Crippen molar-refractivity contribution in [3.8, 4) is 61.3 Å². The van der Waals surface area contributed by atoms with Crippen molar-refractivity contribution < 1.29 is 0 Å². The van der Waals surface area contributed by atoms with Gasteiger partial charge in [-0.2, -0.15) is 0 Å². The van der Waals surface area contributed by atoms with Crippen molar-refractivity contribution in [3.63, 3.8) is 0 Å². The molecule has 2 nitrogen and oxygen atoms in total. The van der Waals surface area contributed by atoms with E-state index in [1.54, 1.807) is 0 Å². The summed E-state index contributed by atoms with van der Waals surface area (Å²) < 4.78 is 2.43. The lowest BCUT2D eigenvalue weighted by Gasteiger charge is -2.12. The summed E-state index contributed by atoms with van der Waals surface area (Å²) in [7, 11) is 0. The van der Waals surface area contributed by atoms with E-state index < -0.39 is 0 Å². The average Bonchev–Trinajstić information content (AvgIpc) is 3.82. The molecule has 2 heterocycles. The fraction of sp³-hybridized carbons (Fsp3) is 0. The molecule has 9 aromatic carbocycles. The topological polar surface area (TPSA) is 20.7 Å². The number of nitrogens with one attached hydrogen (secondary N) is 1. The van der Waals surface area contributed by atoms with Crippen LogP contribution in [-0.2, 0) is 0 Å². The van der Waals surface area contributed by atoms with Crippen LogP contribution in [-0.4, -0.2) is 9.55 Å². The highest BCUT2D eigenvalue weighted by Crippen LogP contribution is 2.41. The first-order valence-corrected chi connectivity index (χ1v) is 19.3. The van der Waals surface area contributed by atoms with E-state index in [1.807, 2.05) is 0 Å². The van der Waals surface area contributed by atoms with Crippen LogP contribution in [0.5, 0.6) is 0 Å². The van der Waals surface area contributed by atoms with E-state index in [0.29, 0.717) is 0 Å². The molecule has 262 valence electrons. The van der Waals surface area contributed by atoms with Crippen molar-refractivity contribution >= 4 is 43.6 Å². The van der Waals surface area contributed by atoms with Crippen LogP contribution in [0.4, 0.5) is 0 Å². The van der Waals surface area contributed by atoms with E-state index in [1.165, 1.54) is 93.7 Å². The highest BCUT2D eigenvalue weighted by molar-refractivity contribution is 6.12. The van der Waals surface area contributed by atoms with E-state index in [4.69, 9.17) is 0 Å². The summed E-state index contributed by atoms with van der Waals surface area (Å²) in [5.74, 6) is 0. The van der Waals surface area contributed by atoms with Gasteiger partial charge in [0, 0.05) is 38.3 Å². The molecule has 0 spiro atoms. The monoisotopic (exact) mass is 712 g/mol. The predicted octanol–water partition coefficient (Wildman–Crippen LogP) is 14.8. The van der Waals surface area contributed by atoms with Crippen LogP contribution in [0.1, 0.15) is 0 Å². The van der Waals surface area contributed by atoms with Gasteiger partial charge in [-0.15, -0.1) is 0 Å². The van der Waals surface area contributed by atoms with Gasteiger partial charge in [-0.3, -0.25) is 0 Å². The number of H-pyrrole nitrogens is 1. The Labute approximate surface area is 325 Å². The van der Waals surface area contributed by atoms with Crippen LogP contribution >= 0.6 is 0 Å². The molecule has 11 rings (SSSR count). The van der Waals surface area contributed by atoms with E-state index in [0.717, 1.165) is 11.2 Å². The van der Waals surface area contributed by atoms with E-state index in [-0.39, 0.29) is 0 Å².